The summed E-state index contributed by atoms with van der Waals surface area (Å²) in [6, 6.07) is 6.89. The van der Waals surface area contributed by atoms with Crippen LogP contribution in [0.25, 0.3) is 11.1 Å². The van der Waals surface area contributed by atoms with Crippen molar-refractivity contribution in [2.24, 2.45) is 0 Å². The van der Waals surface area contributed by atoms with Gasteiger partial charge in [-0.1, -0.05) is 17.7 Å². The van der Waals surface area contributed by atoms with E-state index in [1.54, 1.807) is 18.2 Å². The maximum atomic E-state index is 12.1. The molecule has 0 radical (unpaired) electrons. The molecule has 4 nitrogen and oxygen atoms in total. The van der Waals surface area contributed by atoms with Gasteiger partial charge in [0, 0.05) is 22.3 Å². The van der Waals surface area contributed by atoms with E-state index in [1.807, 2.05) is 6.07 Å². The minimum absolute atomic E-state index is 0.00370. The monoisotopic (exact) mass is 241 g/mol. The van der Waals surface area contributed by atoms with E-state index < -0.39 is 0 Å². The van der Waals surface area contributed by atoms with Gasteiger partial charge in [-0.3, -0.25) is 4.79 Å². The van der Waals surface area contributed by atoms with Crippen molar-refractivity contribution in [3.8, 4) is 17.2 Å². The Kier molecular flexibility index (Phi) is 1.97. The Bertz CT molecular complexity index is 703. The van der Waals surface area contributed by atoms with Crippen LogP contribution in [0.4, 0.5) is 0 Å². The van der Waals surface area contributed by atoms with Crippen molar-refractivity contribution < 1.29 is 4.79 Å². The van der Waals surface area contributed by atoms with Crippen molar-refractivity contribution in [3.63, 3.8) is 0 Å². The van der Waals surface area contributed by atoms with E-state index in [4.69, 9.17) is 16.9 Å². The van der Waals surface area contributed by atoms with Crippen LogP contribution in [0.15, 0.2) is 24.4 Å². The van der Waals surface area contributed by atoms with Gasteiger partial charge in [0.1, 0.15) is 11.8 Å². The van der Waals surface area contributed by atoms with E-state index in [2.05, 4.69) is 9.97 Å². The molecule has 2 aromatic rings. The van der Waals surface area contributed by atoms with E-state index in [0.717, 1.165) is 5.56 Å². The Morgan fingerprint density at radius 1 is 1.24 bits per heavy atom. The van der Waals surface area contributed by atoms with E-state index in [1.165, 1.54) is 6.20 Å². The molecule has 0 spiro atoms. The molecule has 1 aliphatic carbocycles. The second-order valence-electron chi connectivity index (χ2n) is 3.59. The number of aromatic nitrogens is 2. The van der Waals surface area contributed by atoms with Crippen LogP contribution in [0.1, 0.15) is 21.9 Å². The average molecular weight is 242 g/mol. The standard InChI is InChI=1S/C12H4ClN3O/c13-6-1-2-7-8(3-6)12(17)11-9(7)5-15-10(4-14)16-11/h1-3,5H. The summed E-state index contributed by atoms with van der Waals surface area (Å²) >= 11 is 5.85. The number of nitriles is 1. The van der Waals surface area contributed by atoms with Gasteiger partial charge in [-0.2, -0.15) is 5.26 Å². The number of halogens is 1. The van der Waals surface area contributed by atoms with Gasteiger partial charge in [0.05, 0.1) is 0 Å². The predicted octanol–water partition coefficient (Wildman–Crippen LogP) is 2.21. The number of hydrogen-bond donors (Lipinski definition) is 0. The maximum absolute atomic E-state index is 12.1. The van der Waals surface area contributed by atoms with Crippen molar-refractivity contribution in [1.29, 1.82) is 5.26 Å². The Morgan fingerprint density at radius 2 is 2.06 bits per heavy atom. The highest BCUT2D eigenvalue weighted by molar-refractivity contribution is 6.32. The minimum Gasteiger partial charge on any atom is -0.287 e. The third-order valence-corrected chi connectivity index (χ3v) is 2.86. The van der Waals surface area contributed by atoms with E-state index in [-0.39, 0.29) is 17.3 Å². The number of rotatable bonds is 0. The van der Waals surface area contributed by atoms with Crippen molar-refractivity contribution in [2.45, 2.75) is 0 Å². The zero-order valence-electron chi connectivity index (χ0n) is 8.44. The molecule has 1 heterocycles. The summed E-state index contributed by atoms with van der Waals surface area (Å²) in [7, 11) is 0. The lowest BCUT2D eigenvalue weighted by Gasteiger charge is -1.98. The third kappa shape index (κ3) is 1.33. The molecule has 80 valence electrons. The van der Waals surface area contributed by atoms with Crippen LogP contribution in [-0.2, 0) is 0 Å². The Hall–Kier alpha value is -2.25. The van der Waals surface area contributed by atoms with Gasteiger partial charge >= 0.3 is 0 Å². The molecule has 1 aromatic carbocycles. The lowest BCUT2D eigenvalue weighted by Crippen LogP contribution is -2.01. The van der Waals surface area contributed by atoms with Gasteiger partial charge in [0.15, 0.2) is 0 Å². The molecule has 0 bridgehead atoms. The first-order chi connectivity index (χ1) is 8.20. The molecular weight excluding hydrogens is 238 g/mol. The van der Waals surface area contributed by atoms with Crippen LogP contribution in [-0.4, -0.2) is 15.8 Å². The summed E-state index contributed by atoms with van der Waals surface area (Å²) in [5.74, 6) is -0.215. The van der Waals surface area contributed by atoms with Gasteiger partial charge in [-0.25, -0.2) is 9.97 Å². The maximum Gasteiger partial charge on any atom is 0.232 e. The summed E-state index contributed by atoms with van der Waals surface area (Å²) in [5, 5.41) is 9.21. The molecule has 0 saturated carbocycles. The zero-order chi connectivity index (χ0) is 12.0. The molecule has 5 heteroatoms. The van der Waals surface area contributed by atoms with E-state index in [9.17, 15) is 4.79 Å². The fourth-order valence-electron chi connectivity index (χ4n) is 1.87. The van der Waals surface area contributed by atoms with Crippen LogP contribution < -0.4 is 0 Å². The molecular formula is C12H4ClN3O. The van der Waals surface area contributed by atoms with Crippen LogP contribution in [0, 0.1) is 11.3 Å². The van der Waals surface area contributed by atoms with Crippen molar-refractivity contribution >= 4 is 17.4 Å². The number of carbonyl (C=O) groups is 1. The molecule has 0 fully saturated rings. The summed E-state index contributed by atoms with van der Waals surface area (Å²) in [6.45, 7) is 0. The van der Waals surface area contributed by atoms with Gasteiger partial charge in [0.25, 0.3) is 0 Å². The van der Waals surface area contributed by atoms with E-state index >= 15 is 0 Å². The first-order valence-corrected chi connectivity index (χ1v) is 5.20. The van der Waals surface area contributed by atoms with E-state index in [0.29, 0.717) is 16.1 Å². The summed E-state index contributed by atoms with van der Waals surface area (Å²) < 4.78 is 0. The summed E-state index contributed by atoms with van der Waals surface area (Å²) in [6.07, 6.45) is 1.50. The quantitative estimate of drug-likeness (QED) is 0.605. The fraction of sp³-hybridized carbons (Fsp3) is 0. The molecule has 0 N–H and O–H groups in total. The zero-order valence-corrected chi connectivity index (χ0v) is 9.19. The SMILES string of the molecule is N#Cc1ncc2c(n1)C(=O)c1cc(Cl)ccc1-2. The Labute approximate surface area is 102 Å². The predicted molar refractivity (Wildman–Crippen MR) is 60.6 cm³/mol. The third-order valence-electron chi connectivity index (χ3n) is 2.62. The van der Waals surface area contributed by atoms with Crippen LogP contribution >= 0.6 is 11.6 Å². The first kappa shape index (κ1) is 9.94. The Morgan fingerprint density at radius 3 is 2.82 bits per heavy atom. The first-order valence-electron chi connectivity index (χ1n) is 4.82. The van der Waals surface area contributed by atoms with Crippen LogP contribution in [0.2, 0.25) is 5.02 Å². The minimum atomic E-state index is -0.212. The molecule has 0 unspecified atom stereocenters. The summed E-state index contributed by atoms with van der Waals surface area (Å²) in [4.78, 5) is 19.8. The molecule has 1 aliphatic rings. The second kappa shape index (κ2) is 3.37. The fourth-order valence-corrected chi connectivity index (χ4v) is 2.04. The summed E-state index contributed by atoms with van der Waals surface area (Å²) in [5.41, 5.74) is 2.20. The van der Waals surface area contributed by atoms with Gasteiger partial charge in [0.2, 0.25) is 11.6 Å². The normalized spacial score (nSPS) is 11.9. The lowest BCUT2D eigenvalue weighted by molar-refractivity contribution is 0.103. The molecule has 0 amide bonds. The lowest BCUT2D eigenvalue weighted by atomic mass is 10.1. The van der Waals surface area contributed by atoms with Crippen molar-refractivity contribution in [2.75, 3.05) is 0 Å². The number of carbonyl (C=O) groups excluding carboxylic acids is 1. The molecule has 0 atom stereocenters. The smallest absolute Gasteiger partial charge is 0.232 e. The molecule has 0 aliphatic heterocycles. The molecule has 3 rings (SSSR count). The van der Waals surface area contributed by atoms with Gasteiger partial charge in [-0.15, -0.1) is 0 Å². The number of fused-ring (bicyclic) bond motifs is 3. The van der Waals surface area contributed by atoms with Crippen molar-refractivity contribution in [3.05, 3.63) is 46.5 Å². The topological polar surface area (TPSA) is 66.6 Å². The van der Waals surface area contributed by atoms with Crippen LogP contribution in [0.5, 0.6) is 0 Å². The molecule has 17 heavy (non-hydrogen) atoms. The highest BCUT2D eigenvalue weighted by Crippen LogP contribution is 2.36. The average Bonchev–Trinajstić information content (AvgIpc) is 2.62. The largest absolute Gasteiger partial charge is 0.287 e. The van der Waals surface area contributed by atoms with Gasteiger partial charge < -0.3 is 0 Å². The van der Waals surface area contributed by atoms with Gasteiger partial charge in [-0.05, 0) is 17.7 Å². The van der Waals surface area contributed by atoms with Crippen molar-refractivity contribution in [1.82, 2.24) is 9.97 Å². The Balaban J connectivity index is 2.31. The number of hydrogen-bond acceptors (Lipinski definition) is 4. The number of nitrogens with zero attached hydrogens (tertiary/aromatic N) is 3. The number of benzene rings is 1. The number of ketones is 1. The molecule has 1 aromatic heterocycles. The second-order valence-corrected chi connectivity index (χ2v) is 4.02. The molecule has 0 saturated heterocycles. The highest BCUT2D eigenvalue weighted by atomic mass is 35.5. The highest BCUT2D eigenvalue weighted by Gasteiger charge is 2.29. The van der Waals surface area contributed by atoms with Crippen LogP contribution in [0.3, 0.4) is 0 Å².